The van der Waals surface area contributed by atoms with Gasteiger partial charge in [-0.3, -0.25) is 5.32 Å². The molecule has 0 radical (unpaired) electrons. The summed E-state index contributed by atoms with van der Waals surface area (Å²) in [5, 5.41) is 12.7. The third-order valence-electron chi connectivity index (χ3n) is 3.54. The van der Waals surface area contributed by atoms with Crippen LogP contribution in [0.5, 0.6) is 5.75 Å². The van der Waals surface area contributed by atoms with Gasteiger partial charge in [0, 0.05) is 6.04 Å². The average molecular weight is 292 g/mol. The molecular formula is C17H25FN2O. The second-order valence-electron chi connectivity index (χ2n) is 5.69. The molecule has 1 rings (SSSR count). The van der Waals surface area contributed by atoms with Crippen LogP contribution in [0.4, 0.5) is 4.39 Å². The SMILES string of the molecule is CCC(C#N)(CCCOc1cccc(C)c1F)NC(C)C. The van der Waals surface area contributed by atoms with Gasteiger partial charge in [-0.05, 0) is 51.7 Å². The van der Waals surface area contributed by atoms with E-state index in [-0.39, 0.29) is 17.6 Å². The fourth-order valence-electron chi connectivity index (χ4n) is 2.36. The van der Waals surface area contributed by atoms with E-state index in [1.54, 1.807) is 25.1 Å². The Kier molecular flexibility index (Phi) is 6.64. The standard InChI is InChI=1S/C17H25FN2O/c1-5-17(12-19,20-13(2)3)10-7-11-21-15-9-6-8-14(4)16(15)18/h6,8-9,13,20H,5,7,10-11H2,1-4H3. The largest absolute Gasteiger partial charge is 0.491 e. The third-order valence-corrected chi connectivity index (χ3v) is 3.54. The molecule has 0 bridgehead atoms. The number of hydrogen-bond acceptors (Lipinski definition) is 3. The van der Waals surface area contributed by atoms with Gasteiger partial charge in [0.25, 0.3) is 0 Å². The van der Waals surface area contributed by atoms with E-state index in [0.717, 1.165) is 6.42 Å². The van der Waals surface area contributed by atoms with Gasteiger partial charge in [0.2, 0.25) is 0 Å². The molecule has 0 aliphatic carbocycles. The van der Waals surface area contributed by atoms with Crippen molar-refractivity contribution < 1.29 is 9.13 Å². The zero-order valence-corrected chi connectivity index (χ0v) is 13.4. The maximum Gasteiger partial charge on any atom is 0.167 e. The number of nitrogens with zero attached hydrogens (tertiary/aromatic N) is 1. The second-order valence-corrected chi connectivity index (χ2v) is 5.69. The van der Waals surface area contributed by atoms with Crippen molar-refractivity contribution in [3.8, 4) is 11.8 Å². The van der Waals surface area contributed by atoms with Crippen molar-refractivity contribution in [3.05, 3.63) is 29.6 Å². The third kappa shape index (κ3) is 5.02. The van der Waals surface area contributed by atoms with Crippen LogP contribution in [0.15, 0.2) is 18.2 Å². The predicted octanol–water partition coefficient (Wildman–Crippen LogP) is 3.96. The van der Waals surface area contributed by atoms with Crippen molar-refractivity contribution >= 4 is 0 Å². The Balaban J connectivity index is 2.52. The van der Waals surface area contributed by atoms with Crippen molar-refractivity contribution in [1.82, 2.24) is 5.32 Å². The molecule has 116 valence electrons. The smallest absolute Gasteiger partial charge is 0.167 e. The Bertz CT molecular complexity index is 496. The molecule has 1 atom stereocenters. The first-order chi connectivity index (χ1) is 9.94. The fraction of sp³-hybridized carbons (Fsp3) is 0.588. The van der Waals surface area contributed by atoms with E-state index in [9.17, 15) is 9.65 Å². The molecule has 0 saturated carbocycles. The molecular weight excluding hydrogens is 267 g/mol. The van der Waals surface area contributed by atoms with Gasteiger partial charge in [-0.25, -0.2) is 4.39 Å². The molecule has 1 aromatic carbocycles. The van der Waals surface area contributed by atoms with Gasteiger partial charge in [0.05, 0.1) is 12.7 Å². The lowest BCUT2D eigenvalue weighted by Crippen LogP contribution is -2.47. The first-order valence-electron chi connectivity index (χ1n) is 7.51. The molecule has 0 heterocycles. The zero-order chi connectivity index (χ0) is 15.9. The Labute approximate surface area is 127 Å². The van der Waals surface area contributed by atoms with Crippen LogP contribution < -0.4 is 10.1 Å². The van der Waals surface area contributed by atoms with E-state index in [1.165, 1.54) is 0 Å². The van der Waals surface area contributed by atoms with Crippen LogP contribution in [0.2, 0.25) is 0 Å². The Hall–Kier alpha value is -1.60. The zero-order valence-electron chi connectivity index (χ0n) is 13.4. The second kappa shape index (κ2) is 7.99. The van der Waals surface area contributed by atoms with Gasteiger partial charge in [0.1, 0.15) is 5.54 Å². The van der Waals surface area contributed by atoms with Gasteiger partial charge in [-0.2, -0.15) is 5.26 Å². The molecule has 3 nitrogen and oxygen atoms in total. The fourth-order valence-corrected chi connectivity index (χ4v) is 2.36. The summed E-state index contributed by atoms with van der Waals surface area (Å²) in [6.45, 7) is 8.18. The molecule has 4 heteroatoms. The summed E-state index contributed by atoms with van der Waals surface area (Å²) < 4.78 is 19.3. The van der Waals surface area contributed by atoms with Crippen molar-refractivity contribution in [3.63, 3.8) is 0 Å². The Morgan fingerprint density at radius 1 is 1.43 bits per heavy atom. The summed E-state index contributed by atoms with van der Waals surface area (Å²) in [4.78, 5) is 0. The van der Waals surface area contributed by atoms with Crippen LogP contribution >= 0.6 is 0 Å². The normalized spacial score (nSPS) is 13.8. The van der Waals surface area contributed by atoms with Gasteiger partial charge in [-0.1, -0.05) is 19.1 Å². The van der Waals surface area contributed by atoms with Crippen LogP contribution in [0, 0.1) is 24.1 Å². The molecule has 0 amide bonds. The highest BCUT2D eigenvalue weighted by Crippen LogP contribution is 2.21. The first-order valence-corrected chi connectivity index (χ1v) is 7.51. The van der Waals surface area contributed by atoms with E-state index in [1.807, 2.05) is 20.8 Å². The molecule has 1 unspecified atom stereocenters. The molecule has 0 aromatic heterocycles. The number of nitriles is 1. The lowest BCUT2D eigenvalue weighted by Gasteiger charge is -2.29. The number of ether oxygens (including phenoxy) is 1. The van der Waals surface area contributed by atoms with E-state index in [2.05, 4.69) is 11.4 Å². The predicted molar refractivity (Wildman–Crippen MR) is 82.8 cm³/mol. The highest BCUT2D eigenvalue weighted by atomic mass is 19.1. The van der Waals surface area contributed by atoms with E-state index >= 15 is 0 Å². The number of nitrogens with one attached hydrogen (secondary N) is 1. The number of halogens is 1. The first kappa shape index (κ1) is 17.5. The summed E-state index contributed by atoms with van der Waals surface area (Å²) >= 11 is 0. The highest BCUT2D eigenvalue weighted by Gasteiger charge is 2.27. The number of benzene rings is 1. The Morgan fingerprint density at radius 3 is 2.71 bits per heavy atom. The van der Waals surface area contributed by atoms with E-state index < -0.39 is 5.54 Å². The van der Waals surface area contributed by atoms with E-state index in [0.29, 0.717) is 25.0 Å². The minimum atomic E-state index is -0.525. The minimum absolute atomic E-state index is 0.250. The minimum Gasteiger partial charge on any atom is -0.491 e. The Morgan fingerprint density at radius 2 is 2.14 bits per heavy atom. The van der Waals surface area contributed by atoms with Crippen molar-refractivity contribution in [2.45, 2.75) is 58.5 Å². The van der Waals surface area contributed by atoms with Crippen LogP contribution in [0.25, 0.3) is 0 Å². The summed E-state index contributed by atoms with van der Waals surface area (Å²) in [6.07, 6.45) is 2.13. The maximum atomic E-state index is 13.8. The molecule has 0 aliphatic rings. The van der Waals surface area contributed by atoms with Crippen molar-refractivity contribution in [2.75, 3.05) is 6.61 Å². The summed E-state index contributed by atoms with van der Waals surface area (Å²) in [5.74, 6) is -0.0225. The topological polar surface area (TPSA) is 45.0 Å². The average Bonchev–Trinajstić information content (AvgIpc) is 2.46. The molecule has 0 fully saturated rings. The number of rotatable bonds is 8. The van der Waals surface area contributed by atoms with Gasteiger partial charge < -0.3 is 4.74 Å². The summed E-state index contributed by atoms with van der Waals surface area (Å²) in [6, 6.07) is 7.75. The van der Waals surface area contributed by atoms with Crippen molar-refractivity contribution in [1.29, 1.82) is 5.26 Å². The van der Waals surface area contributed by atoms with Crippen LogP contribution in [0.1, 0.15) is 45.6 Å². The highest BCUT2D eigenvalue weighted by molar-refractivity contribution is 5.30. The number of hydrogen-bond donors (Lipinski definition) is 1. The molecule has 0 spiro atoms. The van der Waals surface area contributed by atoms with Gasteiger partial charge in [0.15, 0.2) is 11.6 Å². The summed E-state index contributed by atoms with van der Waals surface area (Å²) in [7, 11) is 0. The van der Waals surface area contributed by atoms with Gasteiger partial charge in [-0.15, -0.1) is 0 Å². The molecule has 0 saturated heterocycles. The lowest BCUT2D eigenvalue weighted by atomic mass is 9.91. The molecule has 21 heavy (non-hydrogen) atoms. The molecule has 0 aliphatic heterocycles. The quantitative estimate of drug-likeness (QED) is 0.738. The maximum absolute atomic E-state index is 13.8. The molecule has 1 N–H and O–H groups in total. The van der Waals surface area contributed by atoms with Crippen LogP contribution in [-0.4, -0.2) is 18.2 Å². The number of aryl methyl sites for hydroxylation is 1. The monoisotopic (exact) mass is 292 g/mol. The van der Waals surface area contributed by atoms with Crippen LogP contribution in [-0.2, 0) is 0 Å². The lowest BCUT2D eigenvalue weighted by molar-refractivity contribution is 0.260. The van der Waals surface area contributed by atoms with Crippen LogP contribution in [0.3, 0.4) is 0 Å². The summed E-state index contributed by atoms with van der Waals surface area (Å²) in [5.41, 5.74) is 0.0526. The molecule has 1 aromatic rings. The van der Waals surface area contributed by atoms with E-state index in [4.69, 9.17) is 4.74 Å². The van der Waals surface area contributed by atoms with Gasteiger partial charge >= 0.3 is 0 Å². The van der Waals surface area contributed by atoms with Crippen molar-refractivity contribution in [2.24, 2.45) is 0 Å².